The normalized spacial score (nSPS) is 16.9. The van der Waals surface area contributed by atoms with Crippen LogP contribution in [0.25, 0.3) is 11.0 Å². The third-order valence-corrected chi connectivity index (χ3v) is 5.44. The lowest BCUT2D eigenvalue weighted by Gasteiger charge is -2.39. The number of anilines is 1. The molecule has 0 bridgehead atoms. The van der Waals surface area contributed by atoms with Crippen LogP contribution in [-0.4, -0.2) is 33.6 Å². The molecule has 1 saturated heterocycles. The Labute approximate surface area is 156 Å². The standard InChI is InChI=1S/C18H19Cl2N5/c19-13-1-2-15(20)12(9-13)10-18(4-7-21-8-5-18)25-17-14-3-6-22-16(14)23-11-24-17/h1-3,6,9,11,21H,4-5,7-8,10H2,(H2,22,23,24,25). The highest BCUT2D eigenvalue weighted by atomic mass is 35.5. The minimum atomic E-state index is -0.127. The van der Waals surface area contributed by atoms with E-state index in [1.165, 1.54) is 0 Å². The van der Waals surface area contributed by atoms with Crippen molar-refractivity contribution in [1.82, 2.24) is 20.3 Å². The van der Waals surface area contributed by atoms with E-state index < -0.39 is 0 Å². The van der Waals surface area contributed by atoms with E-state index in [9.17, 15) is 0 Å². The molecule has 1 aliphatic heterocycles. The van der Waals surface area contributed by atoms with Crippen LogP contribution >= 0.6 is 23.2 Å². The molecule has 4 rings (SSSR count). The van der Waals surface area contributed by atoms with Crippen LogP contribution in [0, 0.1) is 0 Å². The molecular weight excluding hydrogens is 357 g/mol. The molecule has 0 atom stereocenters. The van der Waals surface area contributed by atoms with E-state index in [1.807, 2.05) is 30.5 Å². The zero-order chi connectivity index (χ0) is 17.3. The lowest BCUT2D eigenvalue weighted by molar-refractivity contribution is 0.335. The Bertz CT molecular complexity index is 886. The second-order valence-electron chi connectivity index (χ2n) is 6.53. The third-order valence-electron chi connectivity index (χ3n) is 4.83. The van der Waals surface area contributed by atoms with Gasteiger partial charge in [-0.1, -0.05) is 23.2 Å². The van der Waals surface area contributed by atoms with Crippen molar-refractivity contribution in [2.24, 2.45) is 0 Å². The van der Waals surface area contributed by atoms with Gasteiger partial charge in [-0.05, 0) is 62.2 Å². The van der Waals surface area contributed by atoms with Gasteiger partial charge in [0.05, 0.1) is 5.39 Å². The Hall–Kier alpha value is -1.82. The number of hydrogen-bond donors (Lipinski definition) is 3. The van der Waals surface area contributed by atoms with Gasteiger partial charge < -0.3 is 15.6 Å². The molecule has 3 N–H and O–H groups in total. The molecule has 25 heavy (non-hydrogen) atoms. The summed E-state index contributed by atoms with van der Waals surface area (Å²) in [5.41, 5.74) is 1.77. The number of aromatic nitrogens is 3. The molecule has 0 unspecified atom stereocenters. The molecule has 1 aromatic carbocycles. The Kier molecular flexibility index (Phi) is 4.54. The minimum absolute atomic E-state index is 0.127. The number of benzene rings is 1. The zero-order valence-corrected chi connectivity index (χ0v) is 15.2. The fourth-order valence-electron chi connectivity index (χ4n) is 3.52. The Morgan fingerprint density at radius 1 is 1.12 bits per heavy atom. The lowest BCUT2D eigenvalue weighted by Crippen LogP contribution is -2.49. The summed E-state index contributed by atoms with van der Waals surface area (Å²) in [6.45, 7) is 1.90. The van der Waals surface area contributed by atoms with Crippen molar-refractivity contribution in [3.63, 3.8) is 0 Å². The first-order valence-corrected chi connectivity index (χ1v) is 9.12. The highest BCUT2D eigenvalue weighted by Gasteiger charge is 2.33. The number of fused-ring (bicyclic) bond motifs is 1. The van der Waals surface area contributed by atoms with Gasteiger partial charge in [-0.25, -0.2) is 9.97 Å². The summed E-state index contributed by atoms with van der Waals surface area (Å²) in [6, 6.07) is 7.65. The summed E-state index contributed by atoms with van der Waals surface area (Å²) < 4.78 is 0. The maximum absolute atomic E-state index is 6.43. The summed E-state index contributed by atoms with van der Waals surface area (Å²) in [6.07, 6.45) is 6.22. The summed E-state index contributed by atoms with van der Waals surface area (Å²) in [5.74, 6) is 0.853. The smallest absolute Gasteiger partial charge is 0.142 e. The van der Waals surface area contributed by atoms with Crippen LogP contribution in [0.1, 0.15) is 18.4 Å². The highest BCUT2D eigenvalue weighted by molar-refractivity contribution is 6.33. The molecule has 0 aliphatic carbocycles. The summed E-state index contributed by atoms with van der Waals surface area (Å²) in [4.78, 5) is 11.9. The summed E-state index contributed by atoms with van der Waals surface area (Å²) >= 11 is 12.6. The maximum atomic E-state index is 6.43. The molecule has 1 aliphatic rings. The SMILES string of the molecule is Clc1ccc(Cl)c(CC2(Nc3ncnc4[nH]ccc34)CCNCC2)c1. The van der Waals surface area contributed by atoms with Crippen molar-refractivity contribution in [3.8, 4) is 0 Å². The molecule has 1 fully saturated rings. The van der Waals surface area contributed by atoms with Crippen LogP contribution in [0.2, 0.25) is 10.0 Å². The first-order chi connectivity index (χ1) is 12.2. The van der Waals surface area contributed by atoms with Gasteiger partial charge in [0.2, 0.25) is 0 Å². The van der Waals surface area contributed by atoms with E-state index in [4.69, 9.17) is 23.2 Å². The van der Waals surface area contributed by atoms with E-state index >= 15 is 0 Å². The van der Waals surface area contributed by atoms with E-state index in [0.29, 0.717) is 5.02 Å². The van der Waals surface area contributed by atoms with Crippen LogP contribution in [-0.2, 0) is 6.42 Å². The minimum Gasteiger partial charge on any atom is -0.364 e. The fourth-order valence-corrected chi connectivity index (χ4v) is 3.90. The number of H-pyrrole nitrogens is 1. The Balaban J connectivity index is 1.70. The van der Waals surface area contributed by atoms with Crippen LogP contribution in [0.3, 0.4) is 0 Å². The number of rotatable bonds is 4. The predicted octanol–water partition coefficient (Wildman–Crippen LogP) is 4.04. The first kappa shape index (κ1) is 16.6. The average Bonchev–Trinajstić information content (AvgIpc) is 3.09. The van der Waals surface area contributed by atoms with Crippen molar-refractivity contribution in [3.05, 3.63) is 52.4 Å². The van der Waals surface area contributed by atoms with E-state index in [1.54, 1.807) is 6.33 Å². The number of halogens is 2. The van der Waals surface area contributed by atoms with Gasteiger partial charge in [-0.3, -0.25) is 0 Å². The quantitative estimate of drug-likeness (QED) is 0.643. The van der Waals surface area contributed by atoms with E-state index in [-0.39, 0.29) is 5.54 Å². The molecule has 2 aromatic heterocycles. The molecule has 3 aromatic rings. The van der Waals surface area contributed by atoms with Gasteiger partial charge in [-0.15, -0.1) is 0 Å². The molecule has 7 heteroatoms. The van der Waals surface area contributed by atoms with Crippen molar-refractivity contribution < 1.29 is 0 Å². The van der Waals surface area contributed by atoms with Gasteiger partial charge in [0.15, 0.2) is 0 Å². The molecular formula is C18H19Cl2N5. The number of hydrogen-bond acceptors (Lipinski definition) is 4. The topological polar surface area (TPSA) is 65.6 Å². The van der Waals surface area contributed by atoms with Crippen molar-refractivity contribution in [2.45, 2.75) is 24.8 Å². The number of nitrogens with zero attached hydrogens (tertiary/aromatic N) is 2. The molecule has 0 amide bonds. The van der Waals surface area contributed by atoms with Crippen molar-refractivity contribution >= 4 is 40.1 Å². The molecule has 5 nitrogen and oxygen atoms in total. The van der Waals surface area contributed by atoms with E-state index in [2.05, 4.69) is 25.6 Å². The van der Waals surface area contributed by atoms with Gasteiger partial charge in [0, 0.05) is 21.8 Å². The predicted molar refractivity (Wildman–Crippen MR) is 103 cm³/mol. The maximum Gasteiger partial charge on any atom is 0.142 e. The highest BCUT2D eigenvalue weighted by Crippen LogP contribution is 2.33. The van der Waals surface area contributed by atoms with Crippen LogP contribution in [0.15, 0.2) is 36.8 Å². The zero-order valence-electron chi connectivity index (χ0n) is 13.6. The van der Waals surface area contributed by atoms with Gasteiger partial charge in [0.1, 0.15) is 17.8 Å². The first-order valence-electron chi connectivity index (χ1n) is 8.36. The lowest BCUT2D eigenvalue weighted by atomic mass is 9.82. The molecule has 0 radical (unpaired) electrons. The summed E-state index contributed by atoms with van der Waals surface area (Å²) in [5, 5.41) is 9.59. The monoisotopic (exact) mass is 375 g/mol. The number of nitrogens with one attached hydrogen (secondary N) is 3. The fraction of sp³-hybridized carbons (Fsp3) is 0.333. The number of piperidine rings is 1. The largest absolute Gasteiger partial charge is 0.364 e. The van der Waals surface area contributed by atoms with Crippen molar-refractivity contribution in [2.75, 3.05) is 18.4 Å². The Morgan fingerprint density at radius 2 is 1.96 bits per heavy atom. The molecule has 0 saturated carbocycles. The molecule has 3 heterocycles. The third kappa shape index (κ3) is 3.45. The average molecular weight is 376 g/mol. The van der Waals surface area contributed by atoms with Crippen LogP contribution in [0.5, 0.6) is 0 Å². The second kappa shape index (κ2) is 6.83. The van der Waals surface area contributed by atoms with Gasteiger partial charge in [0.25, 0.3) is 0 Å². The number of aromatic amines is 1. The van der Waals surface area contributed by atoms with Gasteiger partial charge >= 0.3 is 0 Å². The Morgan fingerprint density at radius 3 is 2.80 bits per heavy atom. The molecule has 130 valence electrons. The van der Waals surface area contributed by atoms with Crippen molar-refractivity contribution in [1.29, 1.82) is 0 Å². The second-order valence-corrected chi connectivity index (χ2v) is 7.37. The van der Waals surface area contributed by atoms with Crippen LogP contribution in [0.4, 0.5) is 5.82 Å². The summed E-state index contributed by atoms with van der Waals surface area (Å²) in [7, 11) is 0. The van der Waals surface area contributed by atoms with Gasteiger partial charge in [-0.2, -0.15) is 0 Å². The van der Waals surface area contributed by atoms with E-state index in [0.717, 1.165) is 59.8 Å². The molecule has 0 spiro atoms. The van der Waals surface area contributed by atoms with Crippen LogP contribution < -0.4 is 10.6 Å².